The summed E-state index contributed by atoms with van der Waals surface area (Å²) in [5.41, 5.74) is 0.613. The Morgan fingerprint density at radius 3 is 2.52 bits per heavy atom. The van der Waals surface area contributed by atoms with Gasteiger partial charge in [0.2, 0.25) is 0 Å². The molecule has 0 aliphatic heterocycles. The first kappa shape index (κ1) is 18.4. The molecule has 0 radical (unpaired) electrons. The van der Waals surface area contributed by atoms with E-state index in [2.05, 4.69) is 5.32 Å². The predicted octanol–water partition coefficient (Wildman–Crippen LogP) is 3.21. The van der Waals surface area contributed by atoms with Gasteiger partial charge in [0.1, 0.15) is 5.82 Å². The first-order valence-corrected chi connectivity index (χ1v) is 9.24. The van der Waals surface area contributed by atoms with E-state index in [1.165, 1.54) is 12.3 Å². The molecule has 1 rings (SSSR count). The Balaban J connectivity index is 3.12. The van der Waals surface area contributed by atoms with Crippen molar-refractivity contribution in [1.29, 1.82) is 0 Å². The van der Waals surface area contributed by atoms with Crippen molar-refractivity contribution in [3.05, 3.63) is 34.6 Å². The Morgan fingerprint density at radius 2 is 2.00 bits per heavy atom. The predicted molar refractivity (Wildman–Crippen MR) is 86.1 cm³/mol. The second-order valence-electron chi connectivity index (χ2n) is 5.80. The third-order valence-electron chi connectivity index (χ3n) is 3.89. The van der Waals surface area contributed by atoms with Crippen molar-refractivity contribution in [3.8, 4) is 0 Å². The van der Waals surface area contributed by atoms with E-state index in [-0.39, 0.29) is 11.1 Å². The third-order valence-corrected chi connectivity index (χ3v) is 6.51. The molecule has 1 aromatic carbocycles. The number of sulfone groups is 1. The third kappa shape index (κ3) is 4.41. The smallest absolute Gasteiger partial charge is 0.154 e. The molecule has 0 amide bonds. The lowest BCUT2D eigenvalue weighted by Crippen LogP contribution is -2.52. The van der Waals surface area contributed by atoms with Gasteiger partial charge in [0, 0.05) is 12.3 Å². The van der Waals surface area contributed by atoms with E-state index in [1.54, 1.807) is 26.0 Å². The van der Waals surface area contributed by atoms with Crippen LogP contribution in [0.1, 0.15) is 32.8 Å². The van der Waals surface area contributed by atoms with Crippen molar-refractivity contribution >= 4 is 21.4 Å². The average molecular weight is 336 g/mol. The maximum absolute atomic E-state index is 13.5. The lowest BCUT2D eigenvalue weighted by atomic mass is 9.95. The first-order valence-electron chi connectivity index (χ1n) is 6.97. The van der Waals surface area contributed by atoms with Gasteiger partial charge < -0.3 is 5.32 Å². The van der Waals surface area contributed by atoms with E-state index in [9.17, 15) is 12.8 Å². The Morgan fingerprint density at radius 1 is 1.38 bits per heavy atom. The van der Waals surface area contributed by atoms with Crippen LogP contribution in [0, 0.1) is 5.82 Å². The second kappa shape index (κ2) is 7.07. The van der Waals surface area contributed by atoms with Gasteiger partial charge in [0.25, 0.3) is 0 Å². The summed E-state index contributed by atoms with van der Waals surface area (Å²) in [4.78, 5) is 0. The van der Waals surface area contributed by atoms with Crippen LogP contribution in [-0.4, -0.2) is 32.0 Å². The zero-order valence-corrected chi connectivity index (χ0v) is 14.5. The average Bonchev–Trinajstić information content (AvgIpc) is 2.37. The molecule has 6 heteroatoms. The highest BCUT2D eigenvalue weighted by molar-refractivity contribution is 7.92. The molecule has 0 fully saturated rings. The SMILES string of the molecule is CCCNC(Cc1cccc(F)c1Cl)C(C)(C)S(C)(=O)=O. The summed E-state index contributed by atoms with van der Waals surface area (Å²) in [7, 11) is -3.27. The van der Waals surface area contributed by atoms with Crippen LogP contribution in [0.3, 0.4) is 0 Å². The molecule has 0 saturated carbocycles. The van der Waals surface area contributed by atoms with Crippen LogP contribution in [-0.2, 0) is 16.3 Å². The maximum Gasteiger partial charge on any atom is 0.154 e. The van der Waals surface area contributed by atoms with E-state index in [4.69, 9.17) is 11.6 Å². The minimum Gasteiger partial charge on any atom is -0.312 e. The number of benzene rings is 1. The molecule has 0 aromatic heterocycles. The molecule has 1 atom stereocenters. The normalized spacial score (nSPS) is 14.2. The summed E-state index contributed by atoms with van der Waals surface area (Å²) >= 11 is 5.98. The van der Waals surface area contributed by atoms with Gasteiger partial charge in [-0.2, -0.15) is 0 Å². The standard InChI is InChI=1S/C15H23ClFNO2S/c1-5-9-18-13(15(2,3)21(4,19)20)10-11-7-6-8-12(17)14(11)16/h6-8,13,18H,5,9-10H2,1-4H3. The Hall–Kier alpha value is -0.650. The van der Waals surface area contributed by atoms with Crippen LogP contribution in [0.15, 0.2) is 18.2 Å². The van der Waals surface area contributed by atoms with Crippen LogP contribution in [0.4, 0.5) is 4.39 Å². The monoisotopic (exact) mass is 335 g/mol. The van der Waals surface area contributed by atoms with Gasteiger partial charge in [-0.3, -0.25) is 0 Å². The molecular formula is C15H23ClFNO2S. The van der Waals surface area contributed by atoms with Crippen LogP contribution in [0.2, 0.25) is 5.02 Å². The minimum atomic E-state index is -3.27. The number of halogens is 2. The van der Waals surface area contributed by atoms with E-state index < -0.39 is 20.4 Å². The lowest BCUT2D eigenvalue weighted by molar-refractivity contribution is 0.406. The fourth-order valence-corrected chi connectivity index (χ4v) is 2.95. The molecule has 3 nitrogen and oxygen atoms in total. The van der Waals surface area contributed by atoms with Crippen molar-refractivity contribution in [2.45, 2.75) is 44.4 Å². The molecule has 0 aliphatic carbocycles. The molecule has 1 N–H and O–H groups in total. The van der Waals surface area contributed by atoms with Gasteiger partial charge in [-0.05, 0) is 44.9 Å². The number of hydrogen-bond acceptors (Lipinski definition) is 3. The summed E-state index contributed by atoms with van der Waals surface area (Å²) < 4.78 is 36.7. The van der Waals surface area contributed by atoms with Crippen LogP contribution in [0.5, 0.6) is 0 Å². The summed E-state index contributed by atoms with van der Waals surface area (Å²) in [6.45, 7) is 6.06. The second-order valence-corrected chi connectivity index (χ2v) is 8.77. The molecule has 21 heavy (non-hydrogen) atoms. The van der Waals surface area contributed by atoms with E-state index in [0.29, 0.717) is 18.5 Å². The number of nitrogens with one attached hydrogen (secondary N) is 1. The van der Waals surface area contributed by atoms with Gasteiger partial charge in [0.15, 0.2) is 9.84 Å². The van der Waals surface area contributed by atoms with Gasteiger partial charge in [0.05, 0.1) is 9.77 Å². The van der Waals surface area contributed by atoms with E-state index >= 15 is 0 Å². The molecule has 0 aliphatic rings. The van der Waals surface area contributed by atoms with Crippen molar-refractivity contribution in [1.82, 2.24) is 5.32 Å². The lowest BCUT2D eigenvalue weighted by Gasteiger charge is -2.34. The van der Waals surface area contributed by atoms with Crippen molar-refractivity contribution in [3.63, 3.8) is 0 Å². The highest BCUT2D eigenvalue weighted by atomic mass is 35.5. The largest absolute Gasteiger partial charge is 0.312 e. The summed E-state index contributed by atoms with van der Waals surface area (Å²) in [5.74, 6) is -0.486. The van der Waals surface area contributed by atoms with Crippen LogP contribution < -0.4 is 5.32 Å². The van der Waals surface area contributed by atoms with Crippen LogP contribution >= 0.6 is 11.6 Å². The van der Waals surface area contributed by atoms with E-state index in [0.717, 1.165) is 6.42 Å². The summed E-state index contributed by atoms with van der Waals surface area (Å²) in [6, 6.07) is 4.26. The summed E-state index contributed by atoms with van der Waals surface area (Å²) in [6.07, 6.45) is 2.46. The van der Waals surface area contributed by atoms with Crippen LogP contribution in [0.25, 0.3) is 0 Å². The van der Waals surface area contributed by atoms with Gasteiger partial charge >= 0.3 is 0 Å². The fraction of sp³-hybridized carbons (Fsp3) is 0.600. The van der Waals surface area contributed by atoms with Crippen molar-refractivity contribution < 1.29 is 12.8 Å². The Kier molecular flexibility index (Phi) is 6.20. The Bertz CT molecular complexity index is 587. The quantitative estimate of drug-likeness (QED) is 0.832. The minimum absolute atomic E-state index is 0.0603. The fourth-order valence-electron chi connectivity index (χ4n) is 2.07. The highest BCUT2D eigenvalue weighted by Gasteiger charge is 2.38. The molecule has 0 bridgehead atoms. The number of rotatable bonds is 7. The molecule has 0 heterocycles. The molecule has 120 valence electrons. The Labute approximate surface area is 131 Å². The van der Waals surface area contributed by atoms with Crippen molar-refractivity contribution in [2.24, 2.45) is 0 Å². The summed E-state index contributed by atoms with van der Waals surface area (Å²) in [5, 5.41) is 3.31. The number of hydrogen-bond donors (Lipinski definition) is 1. The van der Waals surface area contributed by atoms with Gasteiger partial charge in [-0.25, -0.2) is 12.8 Å². The van der Waals surface area contributed by atoms with E-state index in [1.807, 2.05) is 6.92 Å². The molecular weight excluding hydrogens is 313 g/mol. The van der Waals surface area contributed by atoms with Gasteiger partial charge in [-0.15, -0.1) is 0 Å². The zero-order chi connectivity index (χ0) is 16.3. The van der Waals surface area contributed by atoms with Crippen molar-refractivity contribution in [2.75, 3.05) is 12.8 Å². The zero-order valence-electron chi connectivity index (χ0n) is 12.9. The first-order chi connectivity index (χ1) is 9.61. The molecule has 1 aromatic rings. The van der Waals surface area contributed by atoms with Gasteiger partial charge in [-0.1, -0.05) is 30.7 Å². The maximum atomic E-state index is 13.5. The highest BCUT2D eigenvalue weighted by Crippen LogP contribution is 2.27. The molecule has 0 saturated heterocycles. The molecule has 0 spiro atoms. The molecule has 1 unspecified atom stereocenters. The topological polar surface area (TPSA) is 46.2 Å².